The van der Waals surface area contributed by atoms with E-state index in [4.69, 9.17) is 4.42 Å². The van der Waals surface area contributed by atoms with Gasteiger partial charge in [0.05, 0.1) is 0 Å². The van der Waals surface area contributed by atoms with Gasteiger partial charge in [0.2, 0.25) is 5.89 Å². The fraction of sp³-hybridized carbons (Fsp3) is 0.176. The predicted octanol–water partition coefficient (Wildman–Crippen LogP) is 4.38. The topological polar surface area (TPSA) is 64.7 Å². The quantitative estimate of drug-likeness (QED) is 0.510. The molecule has 1 aliphatic carbocycles. The molecule has 0 saturated heterocycles. The van der Waals surface area contributed by atoms with Crippen molar-refractivity contribution in [3.05, 3.63) is 47.1 Å². The van der Waals surface area contributed by atoms with Crippen LogP contribution in [0.4, 0.5) is 0 Å². The molecule has 3 aromatic heterocycles. The summed E-state index contributed by atoms with van der Waals surface area (Å²) in [4.78, 5) is 11.4. The molecule has 4 aromatic rings. The second-order valence-electron chi connectivity index (χ2n) is 5.56. The molecule has 5 nitrogen and oxygen atoms in total. The molecule has 0 spiro atoms. The molecule has 0 unspecified atom stereocenters. The van der Waals surface area contributed by atoms with E-state index in [1.165, 1.54) is 34.0 Å². The molecule has 1 aromatic carbocycles. The van der Waals surface area contributed by atoms with Gasteiger partial charge < -0.3 is 4.42 Å². The summed E-state index contributed by atoms with van der Waals surface area (Å²) in [5.74, 6) is 0.527. The SMILES string of the molecule is c1ccc(-c2nnc(Sc3ncnc4sc5c(c34)CCC5)o2)cc1. The van der Waals surface area contributed by atoms with Crippen LogP contribution in [0, 0.1) is 0 Å². The number of fused-ring (bicyclic) bond motifs is 3. The summed E-state index contributed by atoms with van der Waals surface area (Å²) in [6, 6.07) is 9.78. The summed E-state index contributed by atoms with van der Waals surface area (Å²) in [6.07, 6.45) is 5.09. The molecule has 118 valence electrons. The smallest absolute Gasteiger partial charge is 0.283 e. The molecule has 5 rings (SSSR count). The molecule has 7 heteroatoms. The molecule has 0 atom stereocenters. The van der Waals surface area contributed by atoms with Gasteiger partial charge in [-0.2, -0.15) is 0 Å². The van der Waals surface area contributed by atoms with Crippen molar-refractivity contribution in [2.45, 2.75) is 29.5 Å². The second kappa shape index (κ2) is 5.68. The maximum atomic E-state index is 5.80. The minimum Gasteiger partial charge on any atom is -0.411 e. The van der Waals surface area contributed by atoms with Gasteiger partial charge in [0.25, 0.3) is 5.22 Å². The van der Waals surface area contributed by atoms with Crippen molar-refractivity contribution in [2.75, 3.05) is 0 Å². The van der Waals surface area contributed by atoms with Gasteiger partial charge >= 0.3 is 0 Å². The highest BCUT2D eigenvalue weighted by atomic mass is 32.2. The Kier molecular flexibility index (Phi) is 3.34. The normalized spacial score (nSPS) is 13.5. The molecule has 24 heavy (non-hydrogen) atoms. The van der Waals surface area contributed by atoms with Gasteiger partial charge in [-0.25, -0.2) is 9.97 Å². The van der Waals surface area contributed by atoms with Gasteiger partial charge in [0.15, 0.2) is 0 Å². The number of rotatable bonds is 3. The summed E-state index contributed by atoms with van der Waals surface area (Å²) < 4.78 is 5.80. The van der Waals surface area contributed by atoms with Crippen molar-refractivity contribution in [1.82, 2.24) is 20.2 Å². The number of hydrogen-bond donors (Lipinski definition) is 0. The lowest BCUT2D eigenvalue weighted by Gasteiger charge is -2.00. The van der Waals surface area contributed by atoms with E-state index >= 15 is 0 Å². The van der Waals surface area contributed by atoms with Crippen LogP contribution in [0.25, 0.3) is 21.7 Å². The van der Waals surface area contributed by atoms with Gasteiger partial charge in [-0.3, -0.25) is 0 Å². The van der Waals surface area contributed by atoms with Crippen LogP contribution in [-0.4, -0.2) is 20.2 Å². The highest BCUT2D eigenvalue weighted by molar-refractivity contribution is 7.99. The molecule has 0 fully saturated rings. The fourth-order valence-corrected chi connectivity index (χ4v) is 5.09. The number of thiophene rings is 1. The highest BCUT2D eigenvalue weighted by Crippen LogP contribution is 2.41. The lowest BCUT2D eigenvalue weighted by molar-refractivity contribution is 0.465. The Balaban J connectivity index is 1.53. The number of nitrogens with zero attached hydrogens (tertiary/aromatic N) is 4. The van der Waals surface area contributed by atoms with Gasteiger partial charge in [0.1, 0.15) is 16.2 Å². The largest absolute Gasteiger partial charge is 0.411 e. The summed E-state index contributed by atoms with van der Waals surface area (Å²) in [6.45, 7) is 0. The van der Waals surface area contributed by atoms with Crippen molar-refractivity contribution >= 4 is 33.3 Å². The van der Waals surface area contributed by atoms with Crippen LogP contribution in [0.15, 0.2) is 51.3 Å². The summed E-state index contributed by atoms with van der Waals surface area (Å²) in [7, 11) is 0. The van der Waals surface area contributed by atoms with Gasteiger partial charge in [0, 0.05) is 15.8 Å². The zero-order valence-electron chi connectivity index (χ0n) is 12.6. The Labute approximate surface area is 146 Å². The Hall–Kier alpha value is -2.25. The van der Waals surface area contributed by atoms with Crippen molar-refractivity contribution in [1.29, 1.82) is 0 Å². The molecule has 0 aliphatic heterocycles. The average Bonchev–Trinajstić information content (AvgIpc) is 3.31. The van der Waals surface area contributed by atoms with E-state index in [-0.39, 0.29) is 0 Å². The highest BCUT2D eigenvalue weighted by Gasteiger charge is 2.22. The maximum Gasteiger partial charge on any atom is 0.283 e. The molecular weight excluding hydrogens is 340 g/mol. The van der Waals surface area contributed by atoms with E-state index in [1.807, 2.05) is 30.3 Å². The van der Waals surface area contributed by atoms with Crippen LogP contribution in [0.2, 0.25) is 0 Å². The third-order valence-electron chi connectivity index (χ3n) is 4.08. The van der Waals surface area contributed by atoms with E-state index in [9.17, 15) is 0 Å². The lowest BCUT2D eigenvalue weighted by Crippen LogP contribution is -1.87. The van der Waals surface area contributed by atoms with Crippen LogP contribution in [0.5, 0.6) is 0 Å². The Morgan fingerprint density at radius 1 is 1.04 bits per heavy atom. The summed E-state index contributed by atoms with van der Waals surface area (Å²) >= 11 is 3.20. The van der Waals surface area contributed by atoms with Gasteiger partial charge in [-0.05, 0) is 48.7 Å². The molecule has 0 amide bonds. The first-order chi connectivity index (χ1) is 11.9. The first-order valence-corrected chi connectivity index (χ1v) is 9.34. The zero-order chi connectivity index (χ0) is 15.9. The van der Waals surface area contributed by atoms with Crippen LogP contribution >= 0.6 is 23.1 Å². The maximum absolute atomic E-state index is 5.80. The van der Waals surface area contributed by atoms with Gasteiger partial charge in [-0.1, -0.05) is 18.2 Å². The first-order valence-electron chi connectivity index (χ1n) is 7.70. The first kappa shape index (κ1) is 14.1. The van der Waals surface area contributed by atoms with Crippen molar-refractivity contribution in [2.24, 2.45) is 0 Å². The number of aromatic nitrogens is 4. The molecule has 0 saturated carbocycles. The number of benzene rings is 1. The molecular formula is C17H12N4OS2. The number of hydrogen-bond acceptors (Lipinski definition) is 7. The fourth-order valence-electron chi connectivity index (χ4n) is 3.01. The minimum atomic E-state index is 0.506. The van der Waals surface area contributed by atoms with Crippen LogP contribution in [0.3, 0.4) is 0 Å². The standard InChI is InChI=1S/C17H12N4OS2/c1-2-5-10(6-3-1)14-20-21-17(22-14)24-16-13-11-7-4-8-12(11)23-15(13)18-9-19-16/h1-3,5-6,9H,4,7-8H2. The monoisotopic (exact) mass is 352 g/mol. The van der Waals surface area contributed by atoms with Gasteiger partial charge in [-0.15, -0.1) is 21.5 Å². The van der Waals surface area contributed by atoms with E-state index in [1.54, 1.807) is 17.7 Å². The molecule has 0 N–H and O–H groups in total. The number of aryl methyl sites for hydroxylation is 2. The van der Waals surface area contributed by atoms with Crippen LogP contribution in [0.1, 0.15) is 16.9 Å². The second-order valence-corrected chi connectivity index (χ2v) is 7.58. The minimum absolute atomic E-state index is 0.506. The van der Waals surface area contributed by atoms with Crippen molar-refractivity contribution < 1.29 is 4.42 Å². The van der Waals surface area contributed by atoms with Crippen molar-refractivity contribution in [3.63, 3.8) is 0 Å². The molecule has 1 aliphatic rings. The Morgan fingerprint density at radius 3 is 2.88 bits per heavy atom. The van der Waals surface area contributed by atoms with Crippen LogP contribution < -0.4 is 0 Å². The van der Waals surface area contributed by atoms with Crippen LogP contribution in [-0.2, 0) is 12.8 Å². The molecule has 0 radical (unpaired) electrons. The Bertz CT molecular complexity index is 1030. The third kappa shape index (κ3) is 2.32. The molecule has 3 heterocycles. The predicted molar refractivity (Wildman–Crippen MR) is 93.3 cm³/mol. The molecule has 0 bridgehead atoms. The summed E-state index contributed by atoms with van der Waals surface area (Å²) in [5.41, 5.74) is 2.32. The third-order valence-corrected chi connectivity index (χ3v) is 6.12. The Morgan fingerprint density at radius 2 is 1.96 bits per heavy atom. The van der Waals surface area contributed by atoms with E-state index in [2.05, 4.69) is 20.2 Å². The van der Waals surface area contributed by atoms with Crippen molar-refractivity contribution in [3.8, 4) is 11.5 Å². The lowest BCUT2D eigenvalue weighted by atomic mass is 10.2. The van der Waals surface area contributed by atoms with E-state index < -0.39 is 0 Å². The van der Waals surface area contributed by atoms with E-state index in [0.717, 1.165) is 28.3 Å². The summed E-state index contributed by atoms with van der Waals surface area (Å²) in [5, 5.41) is 10.9. The van der Waals surface area contributed by atoms with E-state index in [0.29, 0.717) is 11.1 Å². The average molecular weight is 352 g/mol. The zero-order valence-corrected chi connectivity index (χ0v) is 14.2.